The molecule has 0 N–H and O–H groups in total. The Balaban J connectivity index is 1.68. The van der Waals surface area contributed by atoms with Gasteiger partial charge in [-0.05, 0) is 56.1 Å². The van der Waals surface area contributed by atoms with Crippen LogP contribution in [0, 0.1) is 18.3 Å². The van der Waals surface area contributed by atoms with Crippen LogP contribution in [0.5, 0.6) is 5.75 Å². The standard InChI is InChI=1S/C15H17NO/c1-2-12-3-5-14(6-4-12)17-15-11-16-9-7-13(15)8-10-16/h1,3-6,13,15H,7-11H2/t15-/m1/s1. The van der Waals surface area contributed by atoms with Crippen molar-refractivity contribution < 1.29 is 4.74 Å². The van der Waals surface area contributed by atoms with Crippen LogP contribution in [0.4, 0.5) is 0 Å². The molecule has 3 aliphatic heterocycles. The topological polar surface area (TPSA) is 12.5 Å². The van der Waals surface area contributed by atoms with Crippen molar-refractivity contribution >= 4 is 0 Å². The van der Waals surface area contributed by atoms with E-state index >= 15 is 0 Å². The third-order valence-corrected chi connectivity index (χ3v) is 3.90. The van der Waals surface area contributed by atoms with Gasteiger partial charge >= 0.3 is 0 Å². The first-order valence-corrected chi connectivity index (χ1v) is 6.31. The number of hydrogen-bond donors (Lipinski definition) is 0. The number of nitrogens with zero attached hydrogens (tertiary/aromatic N) is 1. The molecule has 3 saturated heterocycles. The molecular formula is C15H17NO. The molecule has 2 heteroatoms. The van der Waals surface area contributed by atoms with E-state index in [4.69, 9.17) is 11.2 Å². The average Bonchev–Trinajstić information content (AvgIpc) is 2.41. The Morgan fingerprint density at radius 3 is 2.41 bits per heavy atom. The van der Waals surface area contributed by atoms with Gasteiger partial charge in [0.2, 0.25) is 0 Å². The van der Waals surface area contributed by atoms with Gasteiger partial charge in [0.05, 0.1) is 0 Å². The highest BCUT2D eigenvalue weighted by Gasteiger charge is 2.35. The maximum atomic E-state index is 6.08. The predicted molar refractivity (Wildman–Crippen MR) is 68.0 cm³/mol. The van der Waals surface area contributed by atoms with Crippen LogP contribution in [-0.2, 0) is 0 Å². The fourth-order valence-corrected chi connectivity index (χ4v) is 2.85. The molecule has 1 aromatic rings. The predicted octanol–water partition coefficient (Wildman–Crippen LogP) is 2.14. The third-order valence-electron chi connectivity index (χ3n) is 3.90. The summed E-state index contributed by atoms with van der Waals surface area (Å²) in [6.45, 7) is 3.59. The van der Waals surface area contributed by atoms with E-state index in [0.717, 1.165) is 23.8 Å². The minimum atomic E-state index is 0.370. The summed E-state index contributed by atoms with van der Waals surface area (Å²) in [6.07, 6.45) is 8.28. The smallest absolute Gasteiger partial charge is 0.119 e. The SMILES string of the molecule is C#Cc1ccc(O[C@@H]2CN3CCC2CC3)cc1. The second-order valence-corrected chi connectivity index (χ2v) is 4.96. The van der Waals surface area contributed by atoms with Gasteiger partial charge < -0.3 is 4.74 Å². The molecule has 4 rings (SSSR count). The van der Waals surface area contributed by atoms with Gasteiger partial charge in [0.15, 0.2) is 0 Å². The highest BCUT2D eigenvalue weighted by atomic mass is 16.5. The molecule has 0 unspecified atom stereocenters. The van der Waals surface area contributed by atoms with Crippen LogP contribution >= 0.6 is 0 Å². The number of benzene rings is 1. The molecule has 1 aromatic carbocycles. The zero-order chi connectivity index (χ0) is 11.7. The quantitative estimate of drug-likeness (QED) is 0.718. The first-order valence-electron chi connectivity index (χ1n) is 6.31. The van der Waals surface area contributed by atoms with Crippen molar-refractivity contribution in [1.82, 2.24) is 4.90 Å². The van der Waals surface area contributed by atoms with Crippen LogP contribution < -0.4 is 4.74 Å². The summed E-state index contributed by atoms with van der Waals surface area (Å²) in [5.74, 6) is 4.31. The monoisotopic (exact) mass is 227 g/mol. The van der Waals surface area contributed by atoms with Gasteiger partial charge in [0.1, 0.15) is 11.9 Å². The number of ether oxygens (including phenoxy) is 1. The molecule has 0 spiro atoms. The van der Waals surface area contributed by atoms with Crippen molar-refractivity contribution in [2.45, 2.75) is 18.9 Å². The molecule has 2 bridgehead atoms. The third kappa shape index (κ3) is 2.16. The Labute approximate surface area is 103 Å². The van der Waals surface area contributed by atoms with Crippen molar-refractivity contribution in [3.8, 4) is 18.1 Å². The van der Waals surface area contributed by atoms with Gasteiger partial charge in [-0.1, -0.05) is 5.92 Å². The van der Waals surface area contributed by atoms with Crippen LogP contribution in [0.1, 0.15) is 18.4 Å². The number of terminal acetylenes is 1. The van der Waals surface area contributed by atoms with E-state index in [9.17, 15) is 0 Å². The summed E-state index contributed by atoms with van der Waals surface area (Å²) < 4.78 is 6.08. The Morgan fingerprint density at radius 1 is 1.18 bits per heavy atom. The Bertz CT molecular complexity index is 423. The second kappa shape index (κ2) is 4.43. The van der Waals surface area contributed by atoms with E-state index in [1.807, 2.05) is 24.3 Å². The minimum Gasteiger partial charge on any atom is -0.489 e. The van der Waals surface area contributed by atoms with Crippen molar-refractivity contribution in [2.24, 2.45) is 5.92 Å². The van der Waals surface area contributed by atoms with Crippen LogP contribution in [0.3, 0.4) is 0 Å². The molecule has 0 saturated carbocycles. The highest BCUT2D eigenvalue weighted by Crippen LogP contribution is 2.30. The van der Waals surface area contributed by atoms with Gasteiger partial charge in [-0.15, -0.1) is 6.42 Å². The highest BCUT2D eigenvalue weighted by molar-refractivity contribution is 5.36. The van der Waals surface area contributed by atoms with E-state index in [1.54, 1.807) is 0 Å². The molecule has 0 radical (unpaired) electrons. The van der Waals surface area contributed by atoms with Crippen LogP contribution in [-0.4, -0.2) is 30.6 Å². The zero-order valence-electron chi connectivity index (χ0n) is 9.93. The van der Waals surface area contributed by atoms with Crippen molar-refractivity contribution in [3.05, 3.63) is 29.8 Å². The lowest BCUT2D eigenvalue weighted by molar-refractivity contribution is -0.00775. The van der Waals surface area contributed by atoms with Gasteiger partial charge in [0.25, 0.3) is 0 Å². The van der Waals surface area contributed by atoms with Crippen LogP contribution in [0.25, 0.3) is 0 Å². The first-order chi connectivity index (χ1) is 8.35. The lowest BCUT2D eigenvalue weighted by Crippen LogP contribution is -2.52. The molecule has 0 aliphatic carbocycles. The molecule has 3 heterocycles. The van der Waals surface area contributed by atoms with E-state index in [0.29, 0.717) is 6.10 Å². The van der Waals surface area contributed by atoms with Crippen LogP contribution in [0.2, 0.25) is 0 Å². The van der Waals surface area contributed by atoms with E-state index in [-0.39, 0.29) is 0 Å². The molecule has 0 amide bonds. The molecule has 2 nitrogen and oxygen atoms in total. The fraction of sp³-hybridized carbons (Fsp3) is 0.467. The van der Waals surface area contributed by atoms with Crippen molar-refractivity contribution in [2.75, 3.05) is 19.6 Å². The maximum Gasteiger partial charge on any atom is 0.119 e. The Kier molecular flexibility index (Phi) is 2.78. The normalized spacial score (nSPS) is 30.9. The summed E-state index contributed by atoms with van der Waals surface area (Å²) >= 11 is 0. The number of hydrogen-bond acceptors (Lipinski definition) is 2. The number of rotatable bonds is 2. The molecule has 1 atom stereocenters. The molecule has 88 valence electrons. The summed E-state index contributed by atoms with van der Waals surface area (Å²) in [4.78, 5) is 2.50. The first kappa shape index (κ1) is 10.7. The van der Waals surface area contributed by atoms with Crippen molar-refractivity contribution in [3.63, 3.8) is 0 Å². The summed E-state index contributed by atoms with van der Waals surface area (Å²) in [7, 11) is 0. The average molecular weight is 227 g/mol. The van der Waals surface area contributed by atoms with E-state index in [1.165, 1.54) is 25.9 Å². The summed E-state index contributed by atoms with van der Waals surface area (Å²) in [5, 5.41) is 0. The van der Waals surface area contributed by atoms with E-state index in [2.05, 4.69) is 10.8 Å². The van der Waals surface area contributed by atoms with Gasteiger partial charge in [-0.2, -0.15) is 0 Å². The summed E-state index contributed by atoms with van der Waals surface area (Å²) in [6, 6.07) is 7.84. The number of piperidine rings is 3. The molecule has 3 aliphatic rings. The van der Waals surface area contributed by atoms with Gasteiger partial charge in [-0.3, -0.25) is 4.90 Å². The lowest BCUT2D eigenvalue weighted by atomic mass is 9.86. The zero-order valence-corrected chi connectivity index (χ0v) is 9.93. The van der Waals surface area contributed by atoms with E-state index < -0.39 is 0 Å². The van der Waals surface area contributed by atoms with Crippen molar-refractivity contribution in [1.29, 1.82) is 0 Å². The minimum absolute atomic E-state index is 0.370. The Morgan fingerprint density at radius 2 is 1.88 bits per heavy atom. The molecule has 17 heavy (non-hydrogen) atoms. The lowest BCUT2D eigenvalue weighted by Gasteiger charge is -2.44. The molecule has 3 fully saturated rings. The molecule has 0 aromatic heterocycles. The largest absolute Gasteiger partial charge is 0.489 e. The van der Waals surface area contributed by atoms with Crippen LogP contribution in [0.15, 0.2) is 24.3 Å². The second-order valence-electron chi connectivity index (χ2n) is 4.96. The maximum absolute atomic E-state index is 6.08. The Hall–Kier alpha value is -1.46. The number of fused-ring (bicyclic) bond motifs is 3. The van der Waals surface area contributed by atoms with Gasteiger partial charge in [-0.25, -0.2) is 0 Å². The molecular weight excluding hydrogens is 210 g/mol. The summed E-state index contributed by atoms with van der Waals surface area (Å²) in [5.41, 5.74) is 0.909. The van der Waals surface area contributed by atoms with Gasteiger partial charge in [0, 0.05) is 12.1 Å². The fourth-order valence-electron chi connectivity index (χ4n) is 2.85.